The second-order valence-electron chi connectivity index (χ2n) is 6.34. The van der Waals surface area contributed by atoms with Gasteiger partial charge in [0.15, 0.2) is 11.6 Å². The van der Waals surface area contributed by atoms with Gasteiger partial charge >= 0.3 is 0 Å². The first-order valence-electron chi connectivity index (χ1n) is 7.86. The summed E-state index contributed by atoms with van der Waals surface area (Å²) in [6, 6.07) is 4.69. The van der Waals surface area contributed by atoms with Gasteiger partial charge < -0.3 is 14.6 Å². The fourth-order valence-corrected chi connectivity index (χ4v) is 3.50. The molecule has 2 atom stereocenters. The highest BCUT2D eigenvalue weighted by atomic mass is 19.1. The lowest BCUT2D eigenvalue weighted by Gasteiger charge is -2.38. The van der Waals surface area contributed by atoms with E-state index < -0.39 is 11.9 Å². The Morgan fingerprint density at radius 3 is 2.81 bits per heavy atom. The summed E-state index contributed by atoms with van der Waals surface area (Å²) in [6.07, 6.45) is 5.62. The van der Waals surface area contributed by atoms with Gasteiger partial charge in [-0.05, 0) is 37.5 Å². The van der Waals surface area contributed by atoms with Crippen LogP contribution < -0.4 is 4.74 Å². The zero-order chi connectivity index (χ0) is 14.9. The number of benzene rings is 1. The lowest BCUT2D eigenvalue weighted by atomic mass is 9.90. The number of aliphatic hydroxyl groups excluding tert-OH is 1. The summed E-state index contributed by atoms with van der Waals surface area (Å²) in [5, 5.41) is 9.48. The molecule has 1 aliphatic carbocycles. The molecule has 2 fully saturated rings. The van der Waals surface area contributed by atoms with Crippen molar-refractivity contribution in [1.82, 2.24) is 0 Å². The minimum Gasteiger partial charge on any atom is -0.487 e. The molecule has 1 aliphatic heterocycles. The molecule has 4 heteroatoms. The predicted octanol–water partition coefficient (Wildman–Crippen LogP) is 3.75. The molecule has 1 N–H and O–H groups in total. The van der Waals surface area contributed by atoms with Crippen LogP contribution in [0.1, 0.15) is 57.1 Å². The third-order valence-electron chi connectivity index (χ3n) is 4.69. The Morgan fingerprint density at radius 2 is 2.14 bits per heavy atom. The van der Waals surface area contributed by atoms with E-state index in [-0.39, 0.29) is 17.5 Å². The van der Waals surface area contributed by atoms with Gasteiger partial charge in [-0.3, -0.25) is 0 Å². The van der Waals surface area contributed by atoms with Crippen LogP contribution in [0.5, 0.6) is 5.75 Å². The van der Waals surface area contributed by atoms with Gasteiger partial charge in [0.2, 0.25) is 0 Å². The fourth-order valence-electron chi connectivity index (χ4n) is 3.50. The molecule has 3 nitrogen and oxygen atoms in total. The molecule has 21 heavy (non-hydrogen) atoms. The van der Waals surface area contributed by atoms with Crippen molar-refractivity contribution in [3.05, 3.63) is 29.6 Å². The SMILES string of the molecule is CC(O)c1ccc(OC2CCOC3(CCCC3)C2)c(F)c1. The van der Waals surface area contributed by atoms with Crippen molar-refractivity contribution in [1.29, 1.82) is 0 Å². The molecule has 1 saturated heterocycles. The van der Waals surface area contributed by atoms with E-state index in [1.54, 1.807) is 19.1 Å². The van der Waals surface area contributed by atoms with Gasteiger partial charge in [0.05, 0.1) is 18.3 Å². The van der Waals surface area contributed by atoms with E-state index in [2.05, 4.69) is 0 Å². The summed E-state index contributed by atoms with van der Waals surface area (Å²) >= 11 is 0. The van der Waals surface area contributed by atoms with Crippen LogP contribution in [0.25, 0.3) is 0 Å². The third-order valence-corrected chi connectivity index (χ3v) is 4.69. The molecule has 0 bridgehead atoms. The van der Waals surface area contributed by atoms with Gasteiger partial charge in [-0.25, -0.2) is 4.39 Å². The Bertz CT molecular complexity index is 495. The molecule has 116 valence electrons. The Labute approximate surface area is 125 Å². The molecule has 2 aliphatic rings. The summed E-state index contributed by atoms with van der Waals surface area (Å²) in [4.78, 5) is 0. The van der Waals surface area contributed by atoms with E-state index in [1.165, 1.54) is 18.9 Å². The van der Waals surface area contributed by atoms with Crippen molar-refractivity contribution in [2.24, 2.45) is 0 Å². The highest BCUT2D eigenvalue weighted by Gasteiger charge is 2.40. The molecular weight excluding hydrogens is 271 g/mol. The maximum atomic E-state index is 14.1. The van der Waals surface area contributed by atoms with Crippen LogP contribution in [-0.2, 0) is 4.74 Å². The monoisotopic (exact) mass is 294 g/mol. The Morgan fingerprint density at radius 1 is 1.38 bits per heavy atom. The first-order chi connectivity index (χ1) is 10.1. The van der Waals surface area contributed by atoms with E-state index >= 15 is 0 Å². The largest absolute Gasteiger partial charge is 0.487 e. The van der Waals surface area contributed by atoms with Crippen molar-refractivity contribution in [2.75, 3.05) is 6.61 Å². The quantitative estimate of drug-likeness (QED) is 0.922. The van der Waals surface area contributed by atoms with Crippen molar-refractivity contribution in [2.45, 2.75) is 63.3 Å². The maximum Gasteiger partial charge on any atom is 0.165 e. The van der Waals surface area contributed by atoms with Crippen LogP contribution in [0.15, 0.2) is 18.2 Å². The minimum absolute atomic E-state index is 0.0174. The Hall–Kier alpha value is -1.13. The minimum atomic E-state index is -0.668. The smallest absolute Gasteiger partial charge is 0.165 e. The fraction of sp³-hybridized carbons (Fsp3) is 0.647. The normalized spacial score (nSPS) is 26.0. The van der Waals surface area contributed by atoms with Gasteiger partial charge in [-0.1, -0.05) is 18.9 Å². The second kappa shape index (κ2) is 5.93. The lowest BCUT2D eigenvalue weighted by Crippen LogP contribution is -2.41. The third kappa shape index (κ3) is 3.22. The topological polar surface area (TPSA) is 38.7 Å². The molecule has 1 aromatic rings. The number of halogens is 1. The first kappa shape index (κ1) is 14.8. The highest BCUT2D eigenvalue weighted by Crippen LogP contribution is 2.41. The molecule has 0 amide bonds. The molecule has 3 rings (SSSR count). The van der Waals surface area contributed by atoms with E-state index in [1.807, 2.05) is 0 Å². The molecule has 1 aromatic carbocycles. The van der Waals surface area contributed by atoms with Crippen LogP contribution in [-0.4, -0.2) is 23.4 Å². The number of aliphatic hydroxyl groups is 1. The van der Waals surface area contributed by atoms with Crippen molar-refractivity contribution >= 4 is 0 Å². The summed E-state index contributed by atoms with van der Waals surface area (Å²) in [6.45, 7) is 2.32. The zero-order valence-electron chi connectivity index (χ0n) is 12.5. The molecule has 0 aromatic heterocycles. The number of hydrogen-bond donors (Lipinski definition) is 1. The highest BCUT2D eigenvalue weighted by molar-refractivity contribution is 5.30. The Balaban J connectivity index is 1.68. The van der Waals surface area contributed by atoms with Crippen molar-refractivity contribution in [3.8, 4) is 5.75 Å². The molecule has 1 saturated carbocycles. The van der Waals surface area contributed by atoms with Crippen LogP contribution in [0.4, 0.5) is 4.39 Å². The maximum absolute atomic E-state index is 14.1. The van der Waals surface area contributed by atoms with E-state index in [9.17, 15) is 9.50 Å². The molecule has 0 radical (unpaired) electrons. The standard InChI is InChI=1S/C17H23FO3/c1-12(19)13-4-5-16(15(18)10-13)21-14-6-9-20-17(11-14)7-2-3-8-17/h4-5,10,12,14,19H,2-3,6-9,11H2,1H3. The van der Waals surface area contributed by atoms with Gasteiger partial charge in [0.1, 0.15) is 6.10 Å². The van der Waals surface area contributed by atoms with Gasteiger partial charge in [-0.2, -0.15) is 0 Å². The second-order valence-corrected chi connectivity index (χ2v) is 6.34. The van der Waals surface area contributed by atoms with Crippen LogP contribution in [0.3, 0.4) is 0 Å². The number of ether oxygens (including phenoxy) is 2. The number of rotatable bonds is 3. The lowest BCUT2D eigenvalue weighted by molar-refractivity contribution is -0.108. The van der Waals surface area contributed by atoms with Crippen molar-refractivity contribution < 1.29 is 19.0 Å². The summed E-state index contributed by atoms with van der Waals surface area (Å²) < 4.78 is 25.9. The molecule has 1 spiro atoms. The first-order valence-corrected chi connectivity index (χ1v) is 7.86. The Kier molecular flexibility index (Phi) is 4.18. The van der Waals surface area contributed by atoms with Crippen LogP contribution >= 0.6 is 0 Å². The number of hydrogen-bond acceptors (Lipinski definition) is 3. The molecule has 2 unspecified atom stereocenters. The molecular formula is C17H23FO3. The van der Waals surface area contributed by atoms with Gasteiger partial charge in [0.25, 0.3) is 0 Å². The van der Waals surface area contributed by atoms with Crippen LogP contribution in [0, 0.1) is 5.82 Å². The molecule has 1 heterocycles. The zero-order valence-corrected chi connectivity index (χ0v) is 12.5. The van der Waals surface area contributed by atoms with E-state index in [0.717, 1.165) is 25.7 Å². The summed E-state index contributed by atoms with van der Waals surface area (Å²) in [5.74, 6) is -0.125. The van der Waals surface area contributed by atoms with E-state index in [0.29, 0.717) is 12.2 Å². The average Bonchev–Trinajstić information content (AvgIpc) is 2.89. The van der Waals surface area contributed by atoms with Gasteiger partial charge in [-0.15, -0.1) is 0 Å². The summed E-state index contributed by atoms with van der Waals surface area (Å²) in [5.41, 5.74) is 0.540. The van der Waals surface area contributed by atoms with Crippen LogP contribution in [0.2, 0.25) is 0 Å². The van der Waals surface area contributed by atoms with Crippen molar-refractivity contribution in [3.63, 3.8) is 0 Å². The van der Waals surface area contributed by atoms with Gasteiger partial charge in [0, 0.05) is 12.8 Å². The summed E-state index contributed by atoms with van der Waals surface area (Å²) in [7, 11) is 0. The predicted molar refractivity (Wildman–Crippen MR) is 77.8 cm³/mol. The van der Waals surface area contributed by atoms with E-state index in [4.69, 9.17) is 9.47 Å². The average molecular weight is 294 g/mol.